The van der Waals surface area contributed by atoms with Crippen LogP contribution in [0.15, 0.2) is 10.7 Å². The molecule has 1 heterocycles. The summed E-state index contributed by atoms with van der Waals surface area (Å²) >= 11 is 3.25. The van der Waals surface area contributed by atoms with E-state index in [9.17, 15) is 0 Å². The van der Waals surface area contributed by atoms with Crippen LogP contribution < -0.4 is 5.32 Å². The fraction of sp³-hybridized carbons (Fsp3) is 0.778. The van der Waals surface area contributed by atoms with Gasteiger partial charge in [0, 0.05) is 11.3 Å². The van der Waals surface area contributed by atoms with Crippen LogP contribution in [0.5, 0.6) is 0 Å². The zero-order valence-electron chi connectivity index (χ0n) is 8.91. The van der Waals surface area contributed by atoms with Crippen molar-refractivity contribution in [3.05, 3.63) is 6.33 Å². The van der Waals surface area contributed by atoms with Crippen molar-refractivity contribution in [2.24, 2.45) is 0 Å². The summed E-state index contributed by atoms with van der Waals surface area (Å²) in [5.74, 6) is 1.11. The van der Waals surface area contributed by atoms with E-state index < -0.39 is 0 Å². The maximum atomic E-state index is 4.11. The first-order chi connectivity index (χ1) is 6.58. The number of aromatic nitrogens is 2. The summed E-state index contributed by atoms with van der Waals surface area (Å²) in [4.78, 5) is 4.11. The summed E-state index contributed by atoms with van der Waals surface area (Å²) in [6, 6.07) is 0. The van der Waals surface area contributed by atoms with Gasteiger partial charge in [-0.2, -0.15) is 4.37 Å². The van der Waals surface area contributed by atoms with E-state index >= 15 is 0 Å². The van der Waals surface area contributed by atoms with Crippen molar-refractivity contribution in [3.8, 4) is 0 Å². The fourth-order valence-corrected chi connectivity index (χ4v) is 2.38. The Morgan fingerprint density at radius 3 is 2.86 bits per heavy atom. The highest BCUT2D eigenvalue weighted by molar-refractivity contribution is 8.00. The molecule has 0 aliphatic heterocycles. The minimum Gasteiger partial charge on any atom is -0.312 e. The molecule has 0 aliphatic rings. The smallest absolute Gasteiger partial charge is 0.169 e. The second kappa shape index (κ2) is 5.68. The molecule has 0 unspecified atom stereocenters. The van der Waals surface area contributed by atoms with E-state index in [2.05, 4.69) is 35.4 Å². The summed E-state index contributed by atoms with van der Waals surface area (Å²) in [5.41, 5.74) is 0.230. The Morgan fingerprint density at radius 1 is 1.50 bits per heavy atom. The van der Waals surface area contributed by atoms with E-state index in [-0.39, 0.29) is 5.54 Å². The molecule has 1 rings (SSSR count). The predicted octanol–water partition coefficient (Wildman–Crippen LogP) is 2.41. The molecule has 1 aromatic heterocycles. The topological polar surface area (TPSA) is 37.8 Å². The molecule has 14 heavy (non-hydrogen) atoms. The Balaban J connectivity index is 2.00. The lowest BCUT2D eigenvalue weighted by Gasteiger charge is -2.20. The molecule has 0 amide bonds. The Labute approximate surface area is 93.9 Å². The molecule has 0 radical (unpaired) electrons. The predicted molar refractivity (Wildman–Crippen MR) is 63.0 cm³/mol. The van der Waals surface area contributed by atoms with Crippen molar-refractivity contribution in [3.63, 3.8) is 0 Å². The van der Waals surface area contributed by atoms with Gasteiger partial charge in [0.1, 0.15) is 6.33 Å². The van der Waals surface area contributed by atoms with Crippen LogP contribution in [0.2, 0.25) is 0 Å². The average Bonchev–Trinajstić information content (AvgIpc) is 2.54. The van der Waals surface area contributed by atoms with Crippen LogP contribution in [-0.2, 0) is 0 Å². The highest BCUT2D eigenvalue weighted by Gasteiger charge is 2.07. The number of hydrogen-bond acceptors (Lipinski definition) is 5. The number of rotatable bonds is 5. The van der Waals surface area contributed by atoms with E-state index in [0.717, 1.165) is 16.6 Å². The Morgan fingerprint density at radius 2 is 2.29 bits per heavy atom. The largest absolute Gasteiger partial charge is 0.312 e. The summed E-state index contributed by atoms with van der Waals surface area (Å²) in [6.45, 7) is 7.62. The second-order valence-corrected chi connectivity index (χ2v) is 6.21. The molecule has 5 heteroatoms. The first kappa shape index (κ1) is 11.9. The molecule has 3 nitrogen and oxygen atoms in total. The van der Waals surface area contributed by atoms with E-state index in [4.69, 9.17) is 0 Å². The normalized spacial score (nSPS) is 11.9. The van der Waals surface area contributed by atoms with Crippen LogP contribution in [0.4, 0.5) is 0 Å². The molecule has 0 saturated carbocycles. The molecule has 0 fully saturated rings. The van der Waals surface area contributed by atoms with Gasteiger partial charge in [-0.05, 0) is 45.3 Å². The van der Waals surface area contributed by atoms with Crippen LogP contribution in [0.1, 0.15) is 27.2 Å². The lowest BCUT2D eigenvalue weighted by atomic mass is 10.1. The van der Waals surface area contributed by atoms with Crippen LogP contribution >= 0.6 is 23.3 Å². The van der Waals surface area contributed by atoms with Gasteiger partial charge in [0.25, 0.3) is 0 Å². The molecule has 80 valence electrons. The molecule has 1 N–H and O–H groups in total. The number of nitrogens with zero attached hydrogens (tertiary/aromatic N) is 2. The van der Waals surface area contributed by atoms with Gasteiger partial charge in [-0.1, -0.05) is 11.8 Å². The summed E-state index contributed by atoms with van der Waals surface area (Å²) in [5, 5.41) is 3.46. The first-order valence-electron chi connectivity index (χ1n) is 4.72. The highest BCUT2D eigenvalue weighted by Crippen LogP contribution is 2.18. The summed E-state index contributed by atoms with van der Waals surface area (Å²) in [7, 11) is 0. The second-order valence-electron chi connectivity index (χ2n) is 4.09. The molecule has 0 saturated heterocycles. The van der Waals surface area contributed by atoms with Crippen LogP contribution in [0, 0.1) is 0 Å². The van der Waals surface area contributed by atoms with E-state index in [1.54, 1.807) is 18.1 Å². The van der Waals surface area contributed by atoms with Crippen molar-refractivity contribution in [1.29, 1.82) is 0 Å². The quantitative estimate of drug-likeness (QED) is 0.624. The zero-order chi connectivity index (χ0) is 10.4. The van der Waals surface area contributed by atoms with Crippen LogP contribution in [0.3, 0.4) is 0 Å². The Kier molecular flexibility index (Phi) is 4.84. The summed E-state index contributed by atoms with van der Waals surface area (Å²) < 4.78 is 5.02. The Bertz CT molecular complexity index is 241. The van der Waals surface area contributed by atoms with Gasteiger partial charge in [0.05, 0.1) is 0 Å². The Hall–Kier alpha value is -0.130. The highest BCUT2D eigenvalue weighted by atomic mass is 32.2. The minimum absolute atomic E-state index is 0.230. The molecule has 1 aromatic rings. The molecular formula is C9H17N3S2. The standard InChI is InChI=1S/C9H17N3S2/c1-9(2,3)11-5-4-6-13-8-10-7-12-14-8/h7,11H,4-6H2,1-3H3. The third-order valence-electron chi connectivity index (χ3n) is 1.54. The monoisotopic (exact) mass is 231 g/mol. The molecular weight excluding hydrogens is 214 g/mol. The minimum atomic E-state index is 0.230. The zero-order valence-corrected chi connectivity index (χ0v) is 10.5. The lowest BCUT2D eigenvalue weighted by Crippen LogP contribution is -2.36. The van der Waals surface area contributed by atoms with Crippen molar-refractivity contribution in [1.82, 2.24) is 14.7 Å². The lowest BCUT2D eigenvalue weighted by molar-refractivity contribution is 0.427. The third kappa shape index (κ3) is 5.57. The summed E-state index contributed by atoms with van der Waals surface area (Å²) in [6.07, 6.45) is 2.78. The van der Waals surface area contributed by atoms with Gasteiger partial charge in [0.2, 0.25) is 0 Å². The van der Waals surface area contributed by atoms with Crippen LogP contribution in [0.25, 0.3) is 0 Å². The van der Waals surface area contributed by atoms with Gasteiger partial charge in [-0.25, -0.2) is 4.98 Å². The number of thioether (sulfide) groups is 1. The molecule has 0 atom stereocenters. The van der Waals surface area contributed by atoms with E-state index in [1.807, 2.05) is 0 Å². The van der Waals surface area contributed by atoms with Gasteiger partial charge in [0.15, 0.2) is 4.34 Å². The van der Waals surface area contributed by atoms with E-state index in [1.165, 1.54) is 18.0 Å². The van der Waals surface area contributed by atoms with Gasteiger partial charge in [-0.3, -0.25) is 0 Å². The molecule has 0 spiro atoms. The number of nitrogens with one attached hydrogen (secondary N) is 1. The first-order valence-corrected chi connectivity index (χ1v) is 6.48. The van der Waals surface area contributed by atoms with Gasteiger partial charge in [-0.15, -0.1) is 0 Å². The molecule has 0 aromatic carbocycles. The number of hydrogen-bond donors (Lipinski definition) is 1. The maximum Gasteiger partial charge on any atom is 0.169 e. The van der Waals surface area contributed by atoms with Gasteiger partial charge < -0.3 is 5.32 Å². The maximum absolute atomic E-state index is 4.11. The average molecular weight is 231 g/mol. The van der Waals surface area contributed by atoms with Crippen LogP contribution in [-0.4, -0.2) is 27.2 Å². The SMILES string of the molecule is CC(C)(C)NCCCSc1ncns1. The van der Waals surface area contributed by atoms with Crippen molar-refractivity contribution in [2.75, 3.05) is 12.3 Å². The van der Waals surface area contributed by atoms with Gasteiger partial charge >= 0.3 is 0 Å². The third-order valence-corrected chi connectivity index (χ3v) is 3.43. The van der Waals surface area contributed by atoms with Crippen molar-refractivity contribution < 1.29 is 0 Å². The van der Waals surface area contributed by atoms with Crippen molar-refractivity contribution >= 4 is 23.3 Å². The van der Waals surface area contributed by atoms with Crippen molar-refractivity contribution in [2.45, 2.75) is 37.1 Å². The van der Waals surface area contributed by atoms with E-state index in [0.29, 0.717) is 0 Å². The molecule has 0 bridgehead atoms. The molecule has 0 aliphatic carbocycles. The fourth-order valence-electron chi connectivity index (χ4n) is 0.922.